The van der Waals surface area contributed by atoms with E-state index in [-0.39, 0.29) is 11.0 Å². The first-order valence-corrected chi connectivity index (χ1v) is 8.25. The van der Waals surface area contributed by atoms with Gasteiger partial charge >= 0.3 is 0 Å². The van der Waals surface area contributed by atoms with Gasteiger partial charge in [0, 0.05) is 16.8 Å². The van der Waals surface area contributed by atoms with Crippen molar-refractivity contribution in [1.82, 2.24) is 5.32 Å². The summed E-state index contributed by atoms with van der Waals surface area (Å²) >= 11 is 7.20. The van der Waals surface area contributed by atoms with E-state index in [2.05, 4.69) is 33.2 Å². The van der Waals surface area contributed by atoms with Crippen molar-refractivity contribution in [3.05, 3.63) is 57.2 Å². The maximum Gasteiger partial charge on any atom is 0.257 e. The van der Waals surface area contributed by atoms with E-state index >= 15 is 0 Å². The van der Waals surface area contributed by atoms with Crippen LogP contribution in [-0.2, 0) is 0 Å². The predicted molar refractivity (Wildman–Crippen MR) is 104 cm³/mol. The number of rotatable bonds is 4. The average Bonchev–Trinajstić information content (AvgIpc) is 2.54. The van der Waals surface area contributed by atoms with Gasteiger partial charge in [0.05, 0.1) is 10.7 Å². The van der Waals surface area contributed by atoms with Gasteiger partial charge in [-0.2, -0.15) is 0 Å². The van der Waals surface area contributed by atoms with Crippen LogP contribution in [-0.4, -0.2) is 24.0 Å². The number of methoxy groups -OCH3 is 1. The van der Waals surface area contributed by atoms with Crippen LogP contribution in [0.5, 0.6) is 5.75 Å². The van der Waals surface area contributed by atoms with E-state index in [4.69, 9.17) is 22.7 Å². The largest absolute Gasteiger partial charge is 0.496 e. The summed E-state index contributed by atoms with van der Waals surface area (Å²) in [6.07, 6.45) is 0. The van der Waals surface area contributed by atoms with Gasteiger partial charge in [-0.25, -0.2) is 0 Å². The Kier molecular flexibility index (Phi) is 6.10. The van der Waals surface area contributed by atoms with Crippen molar-refractivity contribution in [2.75, 3.05) is 12.4 Å². The van der Waals surface area contributed by atoms with Crippen LogP contribution in [0.15, 0.2) is 42.5 Å². The molecule has 8 heteroatoms. The number of primary amides is 1. The Hall–Kier alpha value is -2.20. The Balaban J connectivity index is 2.04. The number of nitrogens with two attached hydrogens (primary N) is 1. The minimum Gasteiger partial charge on any atom is -0.496 e. The number of thiocarbonyl (C=S) groups is 1. The fourth-order valence-electron chi connectivity index (χ4n) is 1.90. The number of amides is 2. The Labute approximate surface area is 157 Å². The molecule has 0 radical (unpaired) electrons. The molecule has 0 aliphatic heterocycles. The van der Waals surface area contributed by atoms with E-state index in [1.807, 2.05) is 0 Å². The van der Waals surface area contributed by atoms with Crippen molar-refractivity contribution < 1.29 is 14.3 Å². The zero-order valence-electron chi connectivity index (χ0n) is 12.6. The number of benzene rings is 2. The zero-order valence-corrected chi connectivity index (χ0v) is 15.6. The molecule has 124 valence electrons. The molecule has 0 aliphatic rings. The molecule has 0 aromatic heterocycles. The highest BCUT2D eigenvalue weighted by Crippen LogP contribution is 2.21. The van der Waals surface area contributed by atoms with Crippen LogP contribution >= 0.6 is 34.8 Å². The molecule has 0 aliphatic carbocycles. The van der Waals surface area contributed by atoms with E-state index in [9.17, 15) is 9.59 Å². The van der Waals surface area contributed by atoms with Gasteiger partial charge in [0.1, 0.15) is 5.75 Å². The van der Waals surface area contributed by atoms with Crippen molar-refractivity contribution in [2.45, 2.75) is 0 Å². The number of anilines is 1. The SMILES string of the molecule is COc1ccc(C(=O)NC(=S)Nc2cccc(C(N)=O)c2)cc1I. The van der Waals surface area contributed by atoms with Crippen molar-refractivity contribution in [1.29, 1.82) is 0 Å². The summed E-state index contributed by atoms with van der Waals surface area (Å²) < 4.78 is 5.97. The first kappa shape index (κ1) is 18.1. The van der Waals surface area contributed by atoms with Crippen LogP contribution in [0, 0.1) is 3.57 Å². The average molecular weight is 455 g/mol. The maximum absolute atomic E-state index is 12.2. The first-order valence-electron chi connectivity index (χ1n) is 6.76. The molecule has 24 heavy (non-hydrogen) atoms. The number of nitrogens with one attached hydrogen (secondary N) is 2. The highest BCUT2D eigenvalue weighted by atomic mass is 127. The number of halogens is 1. The van der Waals surface area contributed by atoms with E-state index in [1.165, 1.54) is 0 Å². The predicted octanol–water partition coefficient (Wildman–Crippen LogP) is 2.53. The van der Waals surface area contributed by atoms with Crippen LogP contribution in [0.2, 0.25) is 0 Å². The van der Waals surface area contributed by atoms with Gasteiger partial charge in [-0.05, 0) is 71.2 Å². The maximum atomic E-state index is 12.2. The van der Waals surface area contributed by atoms with E-state index in [1.54, 1.807) is 49.6 Å². The molecular formula is C16H14IN3O3S. The number of hydrogen-bond donors (Lipinski definition) is 3. The third kappa shape index (κ3) is 4.65. The summed E-state index contributed by atoms with van der Waals surface area (Å²) in [7, 11) is 1.57. The Bertz CT molecular complexity index is 811. The number of carbonyl (C=O) groups excluding carboxylic acids is 2. The van der Waals surface area contributed by atoms with Crippen molar-refractivity contribution in [3.8, 4) is 5.75 Å². The summed E-state index contributed by atoms with van der Waals surface area (Å²) in [5.74, 6) is -0.198. The molecule has 0 bridgehead atoms. The molecule has 4 N–H and O–H groups in total. The second-order valence-corrected chi connectivity index (χ2v) is 6.27. The molecule has 2 amide bonds. The van der Waals surface area contributed by atoms with Crippen molar-refractivity contribution in [3.63, 3.8) is 0 Å². The summed E-state index contributed by atoms with van der Waals surface area (Å²) in [4.78, 5) is 23.4. The second-order valence-electron chi connectivity index (χ2n) is 4.70. The van der Waals surface area contributed by atoms with Crippen LogP contribution in [0.1, 0.15) is 20.7 Å². The van der Waals surface area contributed by atoms with Gasteiger partial charge in [0.15, 0.2) is 5.11 Å². The lowest BCUT2D eigenvalue weighted by molar-refractivity contribution is 0.0974. The molecule has 0 atom stereocenters. The molecule has 2 aromatic rings. The van der Waals surface area contributed by atoms with Gasteiger partial charge in [0.2, 0.25) is 5.91 Å². The van der Waals surface area contributed by atoms with E-state index in [0.717, 1.165) is 3.57 Å². The molecular weight excluding hydrogens is 441 g/mol. The minimum atomic E-state index is -0.540. The second kappa shape index (κ2) is 8.06. The van der Waals surface area contributed by atoms with Gasteiger partial charge in [0.25, 0.3) is 5.91 Å². The van der Waals surface area contributed by atoms with Crippen LogP contribution in [0.25, 0.3) is 0 Å². The quantitative estimate of drug-likeness (QED) is 0.487. The molecule has 0 unspecified atom stereocenters. The lowest BCUT2D eigenvalue weighted by Gasteiger charge is -2.11. The van der Waals surface area contributed by atoms with Gasteiger partial charge in [-0.15, -0.1) is 0 Å². The van der Waals surface area contributed by atoms with E-state index < -0.39 is 5.91 Å². The smallest absolute Gasteiger partial charge is 0.257 e. The minimum absolute atomic E-state index is 0.118. The summed E-state index contributed by atoms with van der Waals surface area (Å²) in [6, 6.07) is 11.6. The lowest BCUT2D eigenvalue weighted by Crippen LogP contribution is -2.34. The Morgan fingerprint density at radius 1 is 1.17 bits per heavy atom. The van der Waals surface area contributed by atoms with Crippen LogP contribution in [0.3, 0.4) is 0 Å². The fourth-order valence-corrected chi connectivity index (χ4v) is 2.84. The summed E-state index contributed by atoms with van der Waals surface area (Å²) in [5, 5.41) is 5.54. The van der Waals surface area contributed by atoms with Gasteiger partial charge in [-0.3, -0.25) is 14.9 Å². The molecule has 2 aromatic carbocycles. The molecule has 0 saturated heterocycles. The summed E-state index contributed by atoms with van der Waals surface area (Å²) in [5.41, 5.74) is 6.58. The molecule has 0 saturated carbocycles. The standard InChI is InChI=1S/C16H14IN3O3S/c1-23-13-6-5-10(8-12(13)17)15(22)20-16(24)19-11-4-2-3-9(7-11)14(18)21/h2-8H,1H3,(H2,18,21)(H2,19,20,22,24). The molecule has 0 spiro atoms. The number of ether oxygens (including phenoxy) is 1. The Morgan fingerprint density at radius 2 is 1.92 bits per heavy atom. The van der Waals surface area contributed by atoms with Gasteiger partial charge < -0.3 is 15.8 Å². The normalized spacial score (nSPS) is 9.92. The number of hydrogen-bond acceptors (Lipinski definition) is 4. The molecule has 2 rings (SSSR count). The van der Waals surface area contributed by atoms with Crippen LogP contribution < -0.4 is 21.1 Å². The Morgan fingerprint density at radius 3 is 2.54 bits per heavy atom. The van der Waals surface area contributed by atoms with Gasteiger partial charge in [-0.1, -0.05) is 6.07 Å². The monoisotopic (exact) mass is 455 g/mol. The molecule has 0 heterocycles. The highest BCUT2D eigenvalue weighted by molar-refractivity contribution is 14.1. The fraction of sp³-hybridized carbons (Fsp3) is 0.0625. The third-order valence-electron chi connectivity index (χ3n) is 3.05. The third-order valence-corrected chi connectivity index (χ3v) is 4.09. The van der Waals surface area contributed by atoms with Crippen molar-refractivity contribution in [2.24, 2.45) is 5.73 Å². The molecule has 6 nitrogen and oxygen atoms in total. The molecule has 0 fully saturated rings. The lowest BCUT2D eigenvalue weighted by atomic mass is 10.2. The summed E-state index contributed by atoms with van der Waals surface area (Å²) in [6.45, 7) is 0. The first-order chi connectivity index (χ1) is 11.4. The highest BCUT2D eigenvalue weighted by Gasteiger charge is 2.11. The topological polar surface area (TPSA) is 93.4 Å². The zero-order chi connectivity index (χ0) is 17.7. The number of carbonyl (C=O) groups is 2. The van der Waals surface area contributed by atoms with Crippen LogP contribution in [0.4, 0.5) is 5.69 Å². The van der Waals surface area contributed by atoms with Crippen molar-refractivity contribution >= 4 is 57.4 Å². The van der Waals surface area contributed by atoms with E-state index in [0.29, 0.717) is 22.6 Å².